The van der Waals surface area contributed by atoms with E-state index in [1.807, 2.05) is 30.1 Å². The molecular formula is C12H16N6. The highest BCUT2D eigenvalue weighted by atomic mass is 15.2. The average Bonchev–Trinajstić information content (AvgIpc) is 2.36. The number of aromatic nitrogens is 3. The maximum absolute atomic E-state index is 5.63. The molecule has 0 amide bonds. The van der Waals surface area contributed by atoms with Gasteiger partial charge in [0.25, 0.3) is 0 Å². The van der Waals surface area contributed by atoms with Gasteiger partial charge in [-0.15, -0.1) is 0 Å². The smallest absolute Gasteiger partial charge is 0.223 e. The number of likely N-dealkylation sites (N-methyl/N-ethyl adjacent to an activating group) is 1. The predicted octanol–water partition coefficient (Wildman–Crippen LogP) is 0.715. The van der Waals surface area contributed by atoms with Crippen molar-refractivity contribution in [2.24, 2.45) is 0 Å². The van der Waals surface area contributed by atoms with Crippen molar-refractivity contribution >= 4 is 17.6 Å². The number of pyridine rings is 1. The minimum Gasteiger partial charge on any atom is -0.383 e. The summed E-state index contributed by atoms with van der Waals surface area (Å²) in [5, 5.41) is 0. The van der Waals surface area contributed by atoms with Crippen molar-refractivity contribution in [3.63, 3.8) is 0 Å². The van der Waals surface area contributed by atoms with Crippen LogP contribution in [0.15, 0.2) is 30.5 Å². The van der Waals surface area contributed by atoms with E-state index < -0.39 is 0 Å². The number of rotatable bonds is 4. The molecule has 0 aliphatic heterocycles. The molecule has 0 aromatic carbocycles. The molecule has 0 radical (unpaired) electrons. The van der Waals surface area contributed by atoms with Crippen LogP contribution in [-0.2, 0) is 6.42 Å². The van der Waals surface area contributed by atoms with Crippen molar-refractivity contribution in [3.05, 3.63) is 36.2 Å². The highest BCUT2D eigenvalue weighted by molar-refractivity contribution is 5.49. The van der Waals surface area contributed by atoms with Gasteiger partial charge in [0.15, 0.2) is 0 Å². The molecule has 0 aliphatic carbocycles. The maximum atomic E-state index is 5.63. The fourth-order valence-electron chi connectivity index (χ4n) is 1.61. The van der Waals surface area contributed by atoms with Gasteiger partial charge >= 0.3 is 0 Å². The molecule has 18 heavy (non-hydrogen) atoms. The Bertz CT molecular complexity index is 493. The third-order valence-corrected chi connectivity index (χ3v) is 2.57. The van der Waals surface area contributed by atoms with Crippen LogP contribution in [0, 0.1) is 0 Å². The van der Waals surface area contributed by atoms with Gasteiger partial charge in [-0.05, 0) is 12.1 Å². The average molecular weight is 244 g/mol. The summed E-state index contributed by atoms with van der Waals surface area (Å²) in [7, 11) is 1.93. The molecule has 4 N–H and O–H groups in total. The summed E-state index contributed by atoms with van der Waals surface area (Å²) in [4.78, 5) is 14.2. The number of hydrogen-bond donors (Lipinski definition) is 2. The Morgan fingerprint density at radius 1 is 1.22 bits per heavy atom. The lowest BCUT2D eigenvalue weighted by atomic mass is 10.2. The minimum absolute atomic E-state index is 0.190. The van der Waals surface area contributed by atoms with Gasteiger partial charge in [-0.1, -0.05) is 6.07 Å². The SMILES string of the molecule is CN(CCc1ccccn1)c1cc(N)nc(N)n1. The molecule has 0 saturated carbocycles. The summed E-state index contributed by atoms with van der Waals surface area (Å²) in [6.45, 7) is 0.785. The molecule has 0 atom stereocenters. The van der Waals surface area contributed by atoms with Crippen LogP contribution in [0.25, 0.3) is 0 Å². The molecule has 0 aliphatic rings. The fourth-order valence-corrected chi connectivity index (χ4v) is 1.61. The van der Waals surface area contributed by atoms with E-state index >= 15 is 0 Å². The van der Waals surface area contributed by atoms with Crippen LogP contribution in [0.2, 0.25) is 0 Å². The molecule has 0 saturated heterocycles. The molecule has 0 fully saturated rings. The largest absolute Gasteiger partial charge is 0.383 e. The van der Waals surface area contributed by atoms with Gasteiger partial charge in [-0.3, -0.25) is 4.98 Å². The Kier molecular flexibility index (Phi) is 3.57. The van der Waals surface area contributed by atoms with Crippen LogP contribution in [0.4, 0.5) is 17.6 Å². The molecule has 2 aromatic heterocycles. The lowest BCUT2D eigenvalue weighted by Gasteiger charge is -2.18. The lowest BCUT2D eigenvalue weighted by Crippen LogP contribution is -2.22. The first kappa shape index (κ1) is 12.1. The van der Waals surface area contributed by atoms with Gasteiger partial charge in [-0.25, -0.2) is 0 Å². The lowest BCUT2D eigenvalue weighted by molar-refractivity contribution is 0.838. The molecule has 0 bridgehead atoms. The van der Waals surface area contributed by atoms with E-state index in [1.165, 1.54) is 0 Å². The Morgan fingerprint density at radius 3 is 2.72 bits per heavy atom. The number of nitrogens with two attached hydrogens (primary N) is 2. The van der Waals surface area contributed by atoms with E-state index in [0.717, 1.165) is 24.5 Å². The van der Waals surface area contributed by atoms with E-state index in [9.17, 15) is 0 Å². The molecule has 2 aromatic rings. The van der Waals surface area contributed by atoms with Crippen LogP contribution in [0.5, 0.6) is 0 Å². The zero-order chi connectivity index (χ0) is 13.0. The molecule has 0 unspecified atom stereocenters. The normalized spacial score (nSPS) is 10.3. The third-order valence-electron chi connectivity index (χ3n) is 2.57. The second-order valence-corrected chi connectivity index (χ2v) is 4.00. The quantitative estimate of drug-likeness (QED) is 0.822. The predicted molar refractivity (Wildman–Crippen MR) is 72.1 cm³/mol. The molecule has 6 heteroatoms. The summed E-state index contributed by atoms with van der Waals surface area (Å²) in [5.74, 6) is 1.29. The van der Waals surface area contributed by atoms with Gasteiger partial charge < -0.3 is 16.4 Å². The van der Waals surface area contributed by atoms with Crippen LogP contribution in [0.3, 0.4) is 0 Å². The number of anilines is 3. The van der Waals surface area contributed by atoms with Gasteiger partial charge in [-0.2, -0.15) is 9.97 Å². The molecular weight excluding hydrogens is 228 g/mol. The summed E-state index contributed by atoms with van der Waals surface area (Å²) < 4.78 is 0. The van der Waals surface area contributed by atoms with Gasteiger partial charge in [0.05, 0.1) is 0 Å². The van der Waals surface area contributed by atoms with Gasteiger partial charge in [0, 0.05) is 38.0 Å². The van der Waals surface area contributed by atoms with E-state index in [-0.39, 0.29) is 5.95 Å². The maximum Gasteiger partial charge on any atom is 0.223 e. The molecule has 2 rings (SSSR count). The second-order valence-electron chi connectivity index (χ2n) is 4.00. The summed E-state index contributed by atoms with van der Waals surface area (Å²) in [6.07, 6.45) is 2.62. The Hall–Kier alpha value is -2.37. The number of nitrogens with zero attached hydrogens (tertiary/aromatic N) is 4. The monoisotopic (exact) mass is 244 g/mol. The van der Waals surface area contributed by atoms with Crippen molar-refractivity contribution in [1.82, 2.24) is 15.0 Å². The third kappa shape index (κ3) is 3.07. The second kappa shape index (κ2) is 5.31. The zero-order valence-electron chi connectivity index (χ0n) is 10.2. The van der Waals surface area contributed by atoms with Crippen molar-refractivity contribution in [3.8, 4) is 0 Å². The fraction of sp³-hybridized carbons (Fsp3) is 0.250. The van der Waals surface area contributed by atoms with Crippen molar-refractivity contribution in [1.29, 1.82) is 0 Å². The standard InChI is InChI=1S/C12H16N6/c1-18(7-5-9-4-2-3-6-15-9)11-8-10(13)16-12(14)17-11/h2-4,6,8H,5,7H2,1H3,(H4,13,14,16,17). The first-order chi connectivity index (χ1) is 8.65. The Balaban J connectivity index is 2.01. The Labute approximate surface area is 106 Å². The van der Waals surface area contributed by atoms with Crippen molar-refractivity contribution < 1.29 is 0 Å². The van der Waals surface area contributed by atoms with Crippen LogP contribution < -0.4 is 16.4 Å². The molecule has 2 heterocycles. The molecule has 0 spiro atoms. The summed E-state index contributed by atoms with van der Waals surface area (Å²) in [6, 6.07) is 7.58. The number of nitrogen functional groups attached to an aromatic ring is 2. The highest BCUT2D eigenvalue weighted by Crippen LogP contribution is 2.13. The van der Waals surface area contributed by atoms with Gasteiger partial charge in [0.1, 0.15) is 11.6 Å². The summed E-state index contributed by atoms with van der Waals surface area (Å²) in [5.41, 5.74) is 12.2. The van der Waals surface area contributed by atoms with Crippen LogP contribution in [-0.4, -0.2) is 28.5 Å². The van der Waals surface area contributed by atoms with E-state index in [2.05, 4.69) is 15.0 Å². The number of hydrogen-bond acceptors (Lipinski definition) is 6. The summed E-state index contributed by atoms with van der Waals surface area (Å²) >= 11 is 0. The molecule has 6 nitrogen and oxygen atoms in total. The minimum atomic E-state index is 0.190. The van der Waals surface area contributed by atoms with Crippen LogP contribution >= 0.6 is 0 Å². The van der Waals surface area contributed by atoms with Gasteiger partial charge in [0.2, 0.25) is 5.95 Å². The molecule has 94 valence electrons. The topological polar surface area (TPSA) is 94.0 Å². The van der Waals surface area contributed by atoms with Crippen molar-refractivity contribution in [2.45, 2.75) is 6.42 Å². The first-order valence-corrected chi connectivity index (χ1v) is 5.66. The van der Waals surface area contributed by atoms with E-state index in [1.54, 1.807) is 12.3 Å². The highest BCUT2D eigenvalue weighted by Gasteiger charge is 2.06. The van der Waals surface area contributed by atoms with Crippen molar-refractivity contribution in [2.75, 3.05) is 30.0 Å². The van der Waals surface area contributed by atoms with Crippen LogP contribution in [0.1, 0.15) is 5.69 Å². The zero-order valence-corrected chi connectivity index (χ0v) is 10.2. The van der Waals surface area contributed by atoms with E-state index in [4.69, 9.17) is 11.5 Å². The van der Waals surface area contributed by atoms with E-state index in [0.29, 0.717) is 5.82 Å². The Morgan fingerprint density at radius 2 is 2.06 bits per heavy atom. The first-order valence-electron chi connectivity index (χ1n) is 5.66.